The van der Waals surface area contributed by atoms with Gasteiger partial charge in [0.2, 0.25) is 0 Å². The number of benzene rings is 1. The molecule has 27 heavy (non-hydrogen) atoms. The number of nitro groups is 1. The number of hydrogen-bond donors (Lipinski definition) is 0. The lowest BCUT2D eigenvalue weighted by Crippen LogP contribution is -2.40. The molecule has 0 N–H and O–H groups in total. The highest BCUT2D eigenvalue weighted by atomic mass is 79.9. The van der Waals surface area contributed by atoms with Crippen molar-refractivity contribution < 1.29 is 4.92 Å². The maximum atomic E-state index is 11.0. The summed E-state index contributed by atoms with van der Waals surface area (Å²) in [6, 6.07) is 5.47. The van der Waals surface area contributed by atoms with Crippen molar-refractivity contribution in [3.05, 3.63) is 33.9 Å². The quantitative estimate of drug-likeness (QED) is 0.186. The van der Waals surface area contributed by atoms with Gasteiger partial charge >= 0.3 is 0 Å². The van der Waals surface area contributed by atoms with E-state index >= 15 is 0 Å². The van der Waals surface area contributed by atoms with Crippen molar-refractivity contribution in [2.45, 2.75) is 71.3 Å². The Morgan fingerprint density at radius 2 is 1.74 bits per heavy atom. The highest BCUT2D eigenvalue weighted by Gasteiger charge is 2.36. The molecule has 5 nitrogen and oxygen atoms in total. The van der Waals surface area contributed by atoms with Gasteiger partial charge in [-0.15, -0.1) is 0 Å². The molecule has 1 aliphatic heterocycles. The normalized spacial score (nSPS) is 16.8. The van der Waals surface area contributed by atoms with E-state index in [1.54, 1.807) is 6.07 Å². The molecule has 1 heterocycles. The van der Waals surface area contributed by atoms with Crippen LogP contribution in [0.25, 0.3) is 0 Å². The standard InChI is InChI=1S/C21H34BrN3O2/c1-18-15-19(11-12-20(18)25(26)27)23-16-21(2,3)24(17-23)14-10-8-6-4-5-7-9-13-22/h11-12,15H,4-10,13-14,16-17H2,1-3H3. The fourth-order valence-corrected chi connectivity index (χ4v) is 4.28. The largest absolute Gasteiger partial charge is 0.357 e. The summed E-state index contributed by atoms with van der Waals surface area (Å²) in [5.74, 6) is 0. The predicted octanol–water partition coefficient (Wildman–Crippen LogP) is 5.89. The van der Waals surface area contributed by atoms with E-state index in [0.29, 0.717) is 0 Å². The van der Waals surface area contributed by atoms with Crippen LogP contribution in [0.15, 0.2) is 18.2 Å². The zero-order valence-corrected chi connectivity index (χ0v) is 18.6. The van der Waals surface area contributed by atoms with Crippen LogP contribution >= 0.6 is 15.9 Å². The number of aryl methyl sites for hydroxylation is 1. The van der Waals surface area contributed by atoms with E-state index in [1.165, 1.54) is 44.9 Å². The Balaban J connectivity index is 1.81. The molecule has 0 amide bonds. The number of nitro benzene ring substituents is 1. The lowest BCUT2D eigenvalue weighted by molar-refractivity contribution is -0.385. The fraction of sp³-hybridized carbons (Fsp3) is 0.714. The van der Waals surface area contributed by atoms with Gasteiger partial charge in [0.25, 0.3) is 5.69 Å². The van der Waals surface area contributed by atoms with Crippen molar-refractivity contribution in [3.8, 4) is 0 Å². The summed E-state index contributed by atoms with van der Waals surface area (Å²) in [7, 11) is 0. The van der Waals surface area contributed by atoms with Gasteiger partial charge in [-0.25, -0.2) is 0 Å². The van der Waals surface area contributed by atoms with E-state index in [1.807, 2.05) is 19.1 Å². The molecular weight excluding hydrogens is 406 g/mol. The van der Waals surface area contributed by atoms with Crippen molar-refractivity contribution >= 4 is 27.3 Å². The summed E-state index contributed by atoms with van der Waals surface area (Å²) < 4.78 is 0. The highest BCUT2D eigenvalue weighted by Crippen LogP contribution is 2.31. The summed E-state index contributed by atoms with van der Waals surface area (Å²) in [4.78, 5) is 15.6. The Bertz CT molecular complexity index is 621. The van der Waals surface area contributed by atoms with Gasteiger partial charge in [-0.3, -0.25) is 15.0 Å². The van der Waals surface area contributed by atoms with Gasteiger partial charge in [0, 0.05) is 41.3 Å². The van der Waals surface area contributed by atoms with E-state index in [2.05, 4.69) is 39.6 Å². The van der Waals surface area contributed by atoms with Gasteiger partial charge in [-0.2, -0.15) is 0 Å². The molecule has 6 heteroatoms. The Kier molecular flexibility index (Phi) is 8.55. The summed E-state index contributed by atoms with van der Waals surface area (Å²) in [5.41, 5.74) is 2.14. The second-order valence-electron chi connectivity index (χ2n) is 8.31. The van der Waals surface area contributed by atoms with Gasteiger partial charge in [-0.1, -0.05) is 48.0 Å². The van der Waals surface area contributed by atoms with Crippen LogP contribution in [-0.4, -0.2) is 40.5 Å². The Morgan fingerprint density at radius 3 is 2.33 bits per heavy atom. The van der Waals surface area contributed by atoms with E-state index in [4.69, 9.17) is 0 Å². The summed E-state index contributed by atoms with van der Waals surface area (Å²) >= 11 is 3.49. The smallest absolute Gasteiger partial charge is 0.272 e. The van der Waals surface area contributed by atoms with Crippen molar-refractivity contribution in [3.63, 3.8) is 0 Å². The fourth-order valence-electron chi connectivity index (χ4n) is 3.88. The minimum atomic E-state index is -0.306. The number of hydrogen-bond acceptors (Lipinski definition) is 4. The molecule has 152 valence electrons. The average Bonchev–Trinajstić information content (AvgIpc) is 2.91. The number of nitrogens with zero attached hydrogens (tertiary/aromatic N) is 3. The van der Waals surface area contributed by atoms with Gasteiger partial charge < -0.3 is 4.90 Å². The molecule has 0 aliphatic carbocycles. The SMILES string of the molecule is Cc1cc(N2CN(CCCCCCCCCBr)C(C)(C)C2)ccc1[N+](=O)[O-]. The van der Waals surface area contributed by atoms with Crippen LogP contribution in [0.1, 0.15) is 64.4 Å². The zero-order valence-electron chi connectivity index (χ0n) is 17.0. The lowest BCUT2D eigenvalue weighted by atomic mass is 10.0. The van der Waals surface area contributed by atoms with Crippen LogP contribution in [0.4, 0.5) is 11.4 Å². The first-order valence-corrected chi connectivity index (χ1v) is 11.3. The molecule has 0 spiro atoms. The maximum absolute atomic E-state index is 11.0. The summed E-state index contributed by atoms with van der Waals surface area (Å²) in [5, 5.41) is 12.2. The molecule has 1 aromatic carbocycles. The topological polar surface area (TPSA) is 49.6 Å². The van der Waals surface area contributed by atoms with Gasteiger partial charge in [0.05, 0.1) is 11.6 Å². The van der Waals surface area contributed by atoms with Crippen LogP contribution in [0, 0.1) is 17.0 Å². The molecule has 0 bridgehead atoms. The third-order valence-corrected chi connectivity index (χ3v) is 6.14. The first-order valence-electron chi connectivity index (χ1n) is 10.2. The van der Waals surface area contributed by atoms with E-state index in [9.17, 15) is 10.1 Å². The van der Waals surface area contributed by atoms with Gasteiger partial charge in [0.15, 0.2) is 0 Å². The van der Waals surface area contributed by atoms with Gasteiger partial charge in [0.1, 0.15) is 0 Å². The molecule has 2 rings (SSSR count). The molecule has 0 radical (unpaired) electrons. The third-order valence-electron chi connectivity index (χ3n) is 5.58. The maximum Gasteiger partial charge on any atom is 0.272 e. The average molecular weight is 440 g/mol. The van der Waals surface area contributed by atoms with E-state index < -0.39 is 0 Å². The lowest BCUT2D eigenvalue weighted by Gasteiger charge is -2.29. The number of anilines is 1. The minimum absolute atomic E-state index is 0.131. The monoisotopic (exact) mass is 439 g/mol. The van der Waals surface area contributed by atoms with Crippen LogP contribution in [0.3, 0.4) is 0 Å². The van der Waals surface area contributed by atoms with Crippen molar-refractivity contribution in [2.24, 2.45) is 0 Å². The molecule has 1 aliphatic rings. The number of alkyl halides is 1. The molecule has 1 fully saturated rings. The van der Waals surface area contributed by atoms with Crippen LogP contribution in [-0.2, 0) is 0 Å². The van der Waals surface area contributed by atoms with Crippen molar-refractivity contribution in [2.75, 3.05) is 30.0 Å². The Labute approximate surface area is 172 Å². The van der Waals surface area contributed by atoms with Crippen molar-refractivity contribution in [1.29, 1.82) is 0 Å². The second-order valence-corrected chi connectivity index (χ2v) is 9.10. The van der Waals surface area contributed by atoms with Crippen LogP contribution in [0.5, 0.6) is 0 Å². The molecule has 0 saturated carbocycles. The number of halogens is 1. The number of rotatable bonds is 11. The second kappa shape index (κ2) is 10.4. The summed E-state index contributed by atoms with van der Waals surface area (Å²) in [6.45, 7) is 9.39. The van der Waals surface area contributed by atoms with Gasteiger partial charge in [-0.05, 0) is 45.7 Å². The molecular formula is C21H34BrN3O2. The Hall–Kier alpha value is -1.14. The molecule has 0 aromatic heterocycles. The Morgan fingerprint density at radius 1 is 1.11 bits per heavy atom. The molecule has 0 atom stereocenters. The molecule has 1 saturated heterocycles. The highest BCUT2D eigenvalue weighted by molar-refractivity contribution is 9.09. The summed E-state index contributed by atoms with van der Waals surface area (Å²) in [6.07, 6.45) is 9.22. The molecule has 1 aromatic rings. The van der Waals surface area contributed by atoms with Crippen LogP contribution in [0.2, 0.25) is 0 Å². The van der Waals surface area contributed by atoms with E-state index in [0.717, 1.165) is 36.3 Å². The third kappa shape index (κ3) is 6.46. The predicted molar refractivity (Wildman–Crippen MR) is 117 cm³/mol. The first-order chi connectivity index (χ1) is 12.8. The van der Waals surface area contributed by atoms with Crippen molar-refractivity contribution in [1.82, 2.24) is 4.90 Å². The van der Waals surface area contributed by atoms with Crippen LogP contribution < -0.4 is 4.90 Å². The zero-order chi connectivity index (χ0) is 19.9. The minimum Gasteiger partial charge on any atom is -0.357 e. The van der Waals surface area contributed by atoms with E-state index in [-0.39, 0.29) is 16.1 Å². The first kappa shape index (κ1) is 22.2. The molecule has 0 unspecified atom stereocenters. The number of unbranched alkanes of at least 4 members (excludes halogenated alkanes) is 6.